The molecule has 0 spiro atoms. The molecular weight excluding hydrogens is 586 g/mol. The van der Waals surface area contributed by atoms with E-state index in [0.29, 0.717) is 0 Å². The van der Waals surface area contributed by atoms with Crippen LogP contribution < -0.4 is 16.0 Å². The van der Waals surface area contributed by atoms with Crippen molar-refractivity contribution < 1.29 is 78.9 Å². The number of nitrogens with one attached hydrogen (secondary N) is 3. The molecule has 3 fully saturated rings. The zero-order valence-corrected chi connectivity index (χ0v) is 23.6. The molecule has 0 bridgehead atoms. The number of rotatable bonds is 10. The van der Waals surface area contributed by atoms with Crippen molar-refractivity contribution in [3.63, 3.8) is 0 Å². The summed E-state index contributed by atoms with van der Waals surface area (Å²) in [7, 11) is 0. The van der Waals surface area contributed by atoms with E-state index < -0.39 is 129 Å². The van der Waals surface area contributed by atoms with Gasteiger partial charge in [0.25, 0.3) is 0 Å². The van der Waals surface area contributed by atoms with E-state index in [2.05, 4.69) is 16.0 Å². The van der Waals surface area contributed by atoms with E-state index in [1.807, 2.05) is 0 Å². The van der Waals surface area contributed by atoms with E-state index in [9.17, 15) is 55.2 Å². The Labute approximate surface area is 245 Å². The highest BCUT2D eigenvalue weighted by atomic mass is 16.7. The van der Waals surface area contributed by atoms with Gasteiger partial charge in [0.05, 0.1) is 19.8 Å². The molecule has 3 aliphatic heterocycles. The Morgan fingerprint density at radius 3 is 1.37 bits per heavy atom. The van der Waals surface area contributed by atoms with Gasteiger partial charge in [-0.05, 0) is 0 Å². The first kappa shape index (κ1) is 35.4. The van der Waals surface area contributed by atoms with Crippen LogP contribution in [0.3, 0.4) is 0 Å². The van der Waals surface area contributed by atoms with Crippen LogP contribution >= 0.6 is 0 Å². The van der Waals surface area contributed by atoms with Crippen LogP contribution in [0.1, 0.15) is 20.8 Å². The Morgan fingerprint density at radius 1 is 0.558 bits per heavy atom. The molecule has 3 rings (SSSR count). The minimum Gasteiger partial charge on any atom is -0.394 e. The quantitative estimate of drug-likeness (QED) is 0.107. The fraction of sp³-hybridized carbons (Fsp3) is 0.875. The summed E-state index contributed by atoms with van der Waals surface area (Å²) >= 11 is 0. The van der Waals surface area contributed by atoms with E-state index in [-0.39, 0.29) is 0 Å². The number of aliphatic hydroxyl groups is 8. The molecule has 43 heavy (non-hydrogen) atoms. The Kier molecular flexibility index (Phi) is 12.5. The first-order valence-electron chi connectivity index (χ1n) is 13.5. The summed E-state index contributed by atoms with van der Waals surface area (Å²) in [6, 6.07) is -4.31. The topological polar surface area (TPSA) is 295 Å². The van der Waals surface area contributed by atoms with Crippen molar-refractivity contribution in [2.75, 3.05) is 19.8 Å². The molecule has 0 aliphatic carbocycles. The van der Waals surface area contributed by atoms with Crippen molar-refractivity contribution in [1.82, 2.24) is 16.0 Å². The fourth-order valence-corrected chi connectivity index (χ4v) is 5.28. The number of ether oxygens (including phenoxy) is 5. The smallest absolute Gasteiger partial charge is 0.217 e. The maximum absolute atomic E-state index is 12.1. The number of carbonyl (C=O) groups is 3. The number of amides is 3. The average Bonchev–Trinajstić information content (AvgIpc) is 2.94. The van der Waals surface area contributed by atoms with E-state index >= 15 is 0 Å². The lowest BCUT2D eigenvalue weighted by atomic mass is 9.93. The molecule has 19 heteroatoms. The molecule has 248 valence electrons. The molecular formula is C24H41N3O16. The largest absolute Gasteiger partial charge is 0.394 e. The first-order valence-corrected chi connectivity index (χ1v) is 13.5. The summed E-state index contributed by atoms with van der Waals surface area (Å²) in [5, 5.41) is 90.0. The third-order valence-electron chi connectivity index (χ3n) is 7.30. The Hall–Kier alpha value is -2.11. The van der Waals surface area contributed by atoms with Crippen molar-refractivity contribution in [1.29, 1.82) is 0 Å². The third kappa shape index (κ3) is 8.14. The lowest BCUT2D eigenvalue weighted by Gasteiger charge is -2.49. The SMILES string of the molecule is CC(=O)N[C@H]1[C@H](O[C@H]2[C@H](O)[C@H](NC(C)=O)C(O)O[C@@H]2CO)O[C@H](CO)[C@@H](O[C@@H]2O[C@H](CO)[C@H](O)[C@H](O)[C@H]2NC(C)=O)[C@@H]1O. The van der Waals surface area contributed by atoms with Gasteiger partial charge in [0, 0.05) is 20.8 Å². The molecule has 11 N–H and O–H groups in total. The lowest BCUT2D eigenvalue weighted by Crippen LogP contribution is -2.71. The summed E-state index contributed by atoms with van der Waals surface area (Å²) in [4.78, 5) is 35.5. The first-order chi connectivity index (χ1) is 20.2. The van der Waals surface area contributed by atoms with Crippen LogP contribution in [0.15, 0.2) is 0 Å². The van der Waals surface area contributed by atoms with Gasteiger partial charge in [-0.2, -0.15) is 0 Å². The second-order valence-electron chi connectivity index (χ2n) is 10.5. The van der Waals surface area contributed by atoms with Crippen LogP contribution in [0.25, 0.3) is 0 Å². The number of carbonyl (C=O) groups excluding carboxylic acids is 3. The maximum atomic E-state index is 12.1. The molecule has 0 aromatic heterocycles. The lowest BCUT2D eigenvalue weighted by molar-refractivity contribution is -0.351. The predicted octanol–water partition coefficient (Wildman–Crippen LogP) is -7.14. The van der Waals surface area contributed by atoms with Crippen molar-refractivity contribution in [3.8, 4) is 0 Å². The minimum atomic E-state index is -1.77. The molecule has 1 unspecified atom stereocenters. The monoisotopic (exact) mass is 627 g/mol. The summed E-state index contributed by atoms with van der Waals surface area (Å²) in [6.45, 7) is 0.995. The second kappa shape index (κ2) is 15.3. The van der Waals surface area contributed by atoms with Gasteiger partial charge in [0.1, 0.15) is 73.1 Å². The highest BCUT2D eigenvalue weighted by molar-refractivity contribution is 5.74. The van der Waals surface area contributed by atoms with Crippen LogP contribution in [0.5, 0.6) is 0 Å². The second-order valence-corrected chi connectivity index (χ2v) is 10.5. The number of aliphatic hydroxyl groups excluding tert-OH is 8. The van der Waals surface area contributed by atoms with Crippen LogP contribution in [0, 0.1) is 0 Å². The molecule has 3 amide bonds. The molecule has 0 aromatic rings. The fourth-order valence-electron chi connectivity index (χ4n) is 5.28. The molecule has 19 nitrogen and oxygen atoms in total. The maximum Gasteiger partial charge on any atom is 0.217 e. The Balaban J connectivity index is 1.89. The van der Waals surface area contributed by atoms with Gasteiger partial charge in [-0.3, -0.25) is 14.4 Å². The highest BCUT2D eigenvalue weighted by Gasteiger charge is 2.54. The standard InChI is InChI=1S/C24H41N3O16/c1-7(31)25-13-18(36)20(11(5-29)39-22(13)38)42-24-15(27-9(3)33)19(37)21(12(6-30)41-24)43-23-14(26-8(2)32)17(35)16(34)10(4-28)40-23/h10-24,28-30,34-38H,4-6H2,1-3H3,(H,25,31)(H,26,32)(H,27,33)/t10-,11-,12-,13+,14-,15-,16+,17-,18-,19-,20-,21-,22?,23+,24+/m1/s1. The summed E-state index contributed by atoms with van der Waals surface area (Å²) in [5.74, 6) is -1.96. The molecule has 3 saturated heterocycles. The van der Waals surface area contributed by atoms with Crippen LogP contribution in [-0.4, -0.2) is 170 Å². The van der Waals surface area contributed by atoms with Gasteiger partial charge >= 0.3 is 0 Å². The molecule has 3 heterocycles. The van der Waals surface area contributed by atoms with Crippen molar-refractivity contribution in [3.05, 3.63) is 0 Å². The van der Waals surface area contributed by atoms with Gasteiger partial charge in [0.15, 0.2) is 18.9 Å². The Morgan fingerprint density at radius 2 is 0.930 bits per heavy atom. The minimum absolute atomic E-state index is 0.628. The number of hydrogen-bond donors (Lipinski definition) is 11. The molecule has 0 saturated carbocycles. The summed E-state index contributed by atoms with van der Waals surface area (Å²) < 4.78 is 28.3. The third-order valence-corrected chi connectivity index (χ3v) is 7.30. The summed E-state index contributed by atoms with van der Waals surface area (Å²) in [5.41, 5.74) is 0. The zero-order chi connectivity index (χ0) is 32.2. The normalized spacial score (nSPS) is 43.5. The van der Waals surface area contributed by atoms with Gasteiger partial charge in [-0.15, -0.1) is 0 Å². The van der Waals surface area contributed by atoms with Crippen molar-refractivity contribution >= 4 is 17.7 Å². The molecule has 0 aromatic carbocycles. The average molecular weight is 628 g/mol. The Bertz CT molecular complexity index is 962. The van der Waals surface area contributed by atoms with Gasteiger partial charge in [-0.1, -0.05) is 0 Å². The van der Waals surface area contributed by atoms with Gasteiger partial charge < -0.3 is 80.5 Å². The van der Waals surface area contributed by atoms with E-state index in [4.69, 9.17) is 23.7 Å². The van der Waals surface area contributed by atoms with Crippen LogP contribution in [-0.2, 0) is 38.1 Å². The van der Waals surface area contributed by atoms with Crippen LogP contribution in [0.2, 0.25) is 0 Å². The van der Waals surface area contributed by atoms with Crippen molar-refractivity contribution in [2.45, 2.75) is 113 Å². The van der Waals surface area contributed by atoms with E-state index in [1.54, 1.807) is 0 Å². The molecule has 0 radical (unpaired) electrons. The van der Waals surface area contributed by atoms with Crippen molar-refractivity contribution in [2.24, 2.45) is 0 Å². The van der Waals surface area contributed by atoms with Gasteiger partial charge in [0.2, 0.25) is 17.7 Å². The summed E-state index contributed by atoms with van der Waals surface area (Å²) in [6.07, 6.45) is -19.0. The van der Waals surface area contributed by atoms with Gasteiger partial charge in [-0.25, -0.2) is 0 Å². The molecule has 15 atom stereocenters. The van der Waals surface area contributed by atoms with E-state index in [1.165, 1.54) is 0 Å². The predicted molar refractivity (Wildman–Crippen MR) is 136 cm³/mol. The van der Waals surface area contributed by atoms with E-state index in [0.717, 1.165) is 20.8 Å². The number of hydrogen-bond acceptors (Lipinski definition) is 16. The molecule has 3 aliphatic rings. The van der Waals surface area contributed by atoms with Crippen LogP contribution in [0.4, 0.5) is 0 Å². The zero-order valence-electron chi connectivity index (χ0n) is 23.6. The highest BCUT2D eigenvalue weighted by Crippen LogP contribution is 2.32.